The molecule has 0 unspecified atom stereocenters. The average molecular weight is 331 g/mol. The number of rotatable bonds is 3. The standard InChI is InChI=1S/C15H11BrN2O2/c16-14-7-11(15(19)20)8-18(14)9-12-6-5-10-3-1-2-4-13(10)17-12/h1-8H,9H2,(H,19,20). The first-order chi connectivity index (χ1) is 9.63. The Morgan fingerprint density at radius 1 is 1.25 bits per heavy atom. The van der Waals surface area contributed by atoms with E-state index < -0.39 is 5.97 Å². The maximum atomic E-state index is 10.9. The van der Waals surface area contributed by atoms with Gasteiger partial charge >= 0.3 is 5.97 Å². The molecule has 0 saturated heterocycles. The molecule has 2 heterocycles. The second-order valence-corrected chi connectivity index (χ2v) is 5.29. The second kappa shape index (κ2) is 5.09. The molecule has 5 heteroatoms. The summed E-state index contributed by atoms with van der Waals surface area (Å²) >= 11 is 3.36. The first-order valence-electron chi connectivity index (χ1n) is 6.07. The molecule has 0 radical (unpaired) electrons. The van der Waals surface area contributed by atoms with Gasteiger partial charge < -0.3 is 9.67 Å². The number of hydrogen-bond acceptors (Lipinski definition) is 2. The third-order valence-corrected chi connectivity index (χ3v) is 3.76. The number of pyridine rings is 1. The van der Waals surface area contributed by atoms with E-state index in [0.29, 0.717) is 6.54 Å². The van der Waals surface area contributed by atoms with Gasteiger partial charge in [-0.25, -0.2) is 4.79 Å². The highest BCUT2D eigenvalue weighted by Gasteiger charge is 2.10. The Kier molecular flexibility index (Phi) is 3.28. The van der Waals surface area contributed by atoms with E-state index in [0.717, 1.165) is 21.2 Å². The lowest BCUT2D eigenvalue weighted by atomic mass is 10.2. The lowest BCUT2D eigenvalue weighted by Crippen LogP contribution is -2.01. The Morgan fingerprint density at radius 3 is 2.80 bits per heavy atom. The van der Waals surface area contributed by atoms with Gasteiger partial charge in [0.1, 0.15) is 0 Å². The molecule has 3 rings (SSSR count). The number of aromatic carboxylic acids is 1. The van der Waals surface area contributed by atoms with Gasteiger partial charge in [0.15, 0.2) is 0 Å². The molecule has 0 aliphatic carbocycles. The smallest absolute Gasteiger partial charge is 0.337 e. The number of halogens is 1. The number of aromatic nitrogens is 2. The van der Waals surface area contributed by atoms with Crippen molar-refractivity contribution < 1.29 is 9.90 Å². The fourth-order valence-electron chi connectivity index (χ4n) is 2.09. The van der Waals surface area contributed by atoms with Crippen LogP contribution in [0, 0.1) is 0 Å². The Bertz CT molecular complexity index is 795. The molecular formula is C15H11BrN2O2. The van der Waals surface area contributed by atoms with E-state index >= 15 is 0 Å². The highest BCUT2D eigenvalue weighted by molar-refractivity contribution is 9.10. The molecule has 1 N–H and O–H groups in total. The quantitative estimate of drug-likeness (QED) is 0.799. The van der Waals surface area contributed by atoms with E-state index in [-0.39, 0.29) is 5.56 Å². The summed E-state index contributed by atoms with van der Waals surface area (Å²) in [6.45, 7) is 0.526. The van der Waals surface area contributed by atoms with Crippen molar-refractivity contribution in [3.63, 3.8) is 0 Å². The van der Waals surface area contributed by atoms with E-state index in [1.54, 1.807) is 12.3 Å². The van der Waals surface area contributed by atoms with Crippen molar-refractivity contribution in [3.05, 3.63) is 64.5 Å². The minimum absolute atomic E-state index is 0.262. The number of hydrogen-bond donors (Lipinski definition) is 1. The summed E-state index contributed by atoms with van der Waals surface area (Å²) in [6, 6.07) is 13.5. The molecule has 100 valence electrons. The van der Waals surface area contributed by atoms with Crippen molar-refractivity contribution >= 4 is 32.8 Å². The van der Waals surface area contributed by atoms with Gasteiger partial charge in [0, 0.05) is 11.6 Å². The summed E-state index contributed by atoms with van der Waals surface area (Å²) in [4.78, 5) is 15.5. The fraction of sp³-hybridized carbons (Fsp3) is 0.0667. The van der Waals surface area contributed by atoms with Crippen LogP contribution < -0.4 is 0 Å². The predicted molar refractivity (Wildman–Crippen MR) is 79.9 cm³/mol. The van der Waals surface area contributed by atoms with Crippen LogP contribution in [0.1, 0.15) is 16.1 Å². The van der Waals surface area contributed by atoms with Crippen molar-refractivity contribution in [1.29, 1.82) is 0 Å². The minimum atomic E-state index is -0.934. The lowest BCUT2D eigenvalue weighted by Gasteiger charge is -2.05. The minimum Gasteiger partial charge on any atom is -0.478 e. The molecule has 0 spiro atoms. The first kappa shape index (κ1) is 12.9. The van der Waals surface area contributed by atoms with Gasteiger partial charge in [-0.1, -0.05) is 24.3 Å². The second-order valence-electron chi connectivity index (χ2n) is 4.48. The summed E-state index contributed by atoms with van der Waals surface area (Å²) in [5.41, 5.74) is 2.08. The molecule has 0 atom stereocenters. The largest absolute Gasteiger partial charge is 0.478 e. The van der Waals surface area contributed by atoms with Crippen LogP contribution in [0.15, 0.2) is 53.3 Å². The zero-order valence-corrected chi connectivity index (χ0v) is 12.0. The molecule has 1 aromatic carbocycles. The fourth-order valence-corrected chi connectivity index (χ4v) is 2.56. The van der Waals surface area contributed by atoms with E-state index in [4.69, 9.17) is 5.11 Å². The SMILES string of the molecule is O=C(O)c1cc(Br)n(Cc2ccc3ccccc3n2)c1. The summed E-state index contributed by atoms with van der Waals surface area (Å²) in [5, 5.41) is 10.1. The molecule has 4 nitrogen and oxygen atoms in total. The van der Waals surface area contributed by atoms with E-state index in [1.807, 2.05) is 41.0 Å². The van der Waals surface area contributed by atoms with Gasteiger partial charge in [0.25, 0.3) is 0 Å². The number of carboxylic acids is 1. The van der Waals surface area contributed by atoms with Gasteiger partial charge in [0.2, 0.25) is 0 Å². The predicted octanol–water partition coefficient (Wildman–Crippen LogP) is 3.55. The van der Waals surface area contributed by atoms with Gasteiger partial charge in [-0.3, -0.25) is 4.98 Å². The van der Waals surface area contributed by atoms with E-state index in [2.05, 4.69) is 20.9 Å². The number of benzene rings is 1. The van der Waals surface area contributed by atoms with E-state index in [9.17, 15) is 4.79 Å². The Balaban J connectivity index is 1.94. The average Bonchev–Trinajstić information content (AvgIpc) is 2.80. The zero-order valence-electron chi connectivity index (χ0n) is 10.5. The molecule has 0 fully saturated rings. The topological polar surface area (TPSA) is 55.1 Å². The maximum Gasteiger partial charge on any atom is 0.337 e. The molecule has 3 aromatic rings. The van der Waals surface area contributed by atoms with Crippen molar-refractivity contribution in [2.45, 2.75) is 6.54 Å². The Morgan fingerprint density at radius 2 is 2.05 bits per heavy atom. The summed E-state index contributed by atoms with van der Waals surface area (Å²) in [7, 11) is 0. The first-order valence-corrected chi connectivity index (χ1v) is 6.86. The van der Waals surface area contributed by atoms with Crippen LogP contribution in [0.25, 0.3) is 10.9 Å². The van der Waals surface area contributed by atoms with Crippen LogP contribution >= 0.6 is 15.9 Å². The van der Waals surface area contributed by atoms with Crippen molar-refractivity contribution in [2.24, 2.45) is 0 Å². The van der Waals surface area contributed by atoms with Crippen LogP contribution in [-0.4, -0.2) is 20.6 Å². The van der Waals surface area contributed by atoms with Crippen LogP contribution in [0.2, 0.25) is 0 Å². The lowest BCUT2D eigenvalue weighted by molar-refractivity contribution is 0.0697. The molecular weight excluding hydrogens is 320 g/mol. The van der Waals surface area contributed by atoms with Crippen molar-refractivity contribution in [2.75, 3.05) is 0 Å². The number of fused-ring (bicyclic) bond motifs is 1. The summed E-state index contributed by atoms with van der Waals surface area (Å²) < 4.78 is 2.55. The summed E-state index contributed by atoms with van der Waals surface area (Å²) in [6.07, 6.45) is 1.60. The third kappa shape index (κ3) is 2.44. The van der Waals surface area contributed by atoms with Gasteiger partial charge in [-0.05, 0) is 34.1 Å². The van der Waals surface area contributed by atoms with Gasteiger partial charge in [-0.15, -0.1) is 0 Å². The van der Waals surface area contributed by atoms with Gasteiger partial charge in [-0.2, -0.15) is 0 Å². The highest BCUT2D eigenvalue weighted by atomic mass is 79.9. The zero-order chi connectivity index (χ0) is 14.1. The monoisotopic (exact) mass is 330 g/mol. The number of carbonyl (C=O) groups is 1. The molecule has 0 bridgehead atoms. The van der Waals surface area contributed by atoms with E-state index in [1.165, 1.54) is 0 Å². The number of para-hydroxylation sites is 1. The summed E-state index contributed by atoms with van der Waals surface area (Å²) in [5.74, 6) is -0.934. The van der Waals surface area contributed by atoms with Crippen molar-refractivity contribution in [1.82, 2.24) is 9.55 Å². The third-order valence-electron chi connectivity index (χ3n) is 3.08. The number of nitrogens with zero attached hydrogens (tertiary/aromatic N) is 2. The van der Waals surface area contributed by atoms with Crippen LogP contribution in [0.5, 0.6) is 0 Å². The molecule has 0 saturated carbocycles. The Hall–Kier alpha value is -2.14. The highest BCUT2D eigenvalue weighted by Crippen LogP contribution is 2.18. The molecule has 0 aliphatic rings. The van der Waals surface area contributed by atoms with Crippen LogP contribution in [0.3, 0.4) is 0 Å². The molecule has 2 aromatic heterocycles. The molecule has 0 aliphatic heterocycles. The number of carboxylic acid groups (broad SMARTS) is 1. The molecule has 0 amide bonds. The normalized spacial score (nSPS) is 10.8. The van der Waals surface area contributed by atoms with Crippen LogP contribution in [0.4, 0.5) is 0 Å². The van der Waals surface area contributed by atoms with Gasteiger partial charge in [0.05, 0.1) is 27.9 Å². The molecule has 20 heavy (non-hydrogen) atoms. The Labute approximate surface area is 123 Å². The van der Waals surface area contributed by atoms with Crippen LogP contribution in [-0.2, 0) is 6.54 Å². The maximum absolute atomic E-state index is 10.9. The van der Waals surface area contributed by atoms with Crippen molar-refractivity contribution in [3.8, 4) is 0 Å².